The van der Waals surface area contributed by atoms with Crippen LogP contribution in [-0.2, 0) is 0 Å². The molecule has 0 bridgehead atoms. The molecule has 1 aliphatic carbocycles. The normalized spacial score (nSPS) is 38.5. The van der Waals surface area contributed by atoms with E-state index in [0.29, 0.717) is 17.8 Å². The van der Waals surface area contributed by atoms with Crippen molar-refractivity contribution in [2.75, 3.05) is 0 Å². The first kappa shape index (κ1) is 9.02. The van der Waals surface area contributed by atoms with Crippen LogP contribution in [0.5, 0.6) is 0 Å². The number of halogens is 1. The minimum absolute atomic E-state index is 0.363. The average Bonchev–Trinajstić information content (AvgIpc) is 2.31. The summed E-state index contributed by atoms with van der Waals surface area (Å²) in [5.74, 6) is 1.68. The Morgan fingerprint density at radius 2 is 2.00 bits per heavy atom. The molecule has 1 rings (SSSR count). The fraction of sp³-hybridized carbons (Fsp3) is 1.00. The molecule has 0 aromatic carbocycles. The third-order valence-electron chi connectivity index (χ3n) is 3.11. The third kappa shape index (κ3) is 1.94. The average molecular weight is 158 g/mol. The van der Waals surface area contributed by atoms with Crippen LogP contribution in [0.15, 0.2) is 0 Å². The van der Waals surface area contributed by atoms with E-state index >= 15 is 0 Å². The van der Waals surface area contributed by atoms with Crippen molar-refractivity contribution in [1.29, 1.82) is 0 Å². The zero-order valence-electron chi connectivity index (χ0n) is 7.81. The largest absolute Gasteiger partial charge is 0.247 e. The summed E-state index contributed by atoms with van der Waals surface area (Å²) in [5.41, 5.74) is 0. The van der Waals surface area contributed by atoms with Crippen LogP contribution in [-0.4, -0.2) is 6.17 Å². The highest BCUT2D eigenvalue weighted by atomic mass is 19.1. The highest BCUT2D eigenvalue weighted by molar-refractivity contribution is 4.83. The Balaban J connectivity index is 2.43. The molecule has 0 aliphatic heterocycles. The van der Waals surface area contributed by atoms with Crippen LogP contribution in [0.2, 0.25) is 0 Å². The Kier molecular flexibility index (Phi) is 2.91. The standard InChI is InChI=1S/C10H19F/c1-4-8-5-9(7(2)3)6-10(8)11/h7-10H,4-6H2,1-3H3. The molecule has 0 heterocycles. The first-order valence-corrected chi connectivity index (χ1v) is 4.79. The van der Waals surface area contributed by atoms with Crippen LogP contribution >= 0.6 is 0 Å². The van der Waals surface area contributed by atoms with Gasteiger partial charge in [-0.15, -0.1) is 0 Å². The van der Waals surface area contributed by atoms with Gasteiger partial charge in [0.1, 0.15) is 6.17 Å². The topological polar surface area (TPSA) is 0 Å². The van der Waals surface area contributed by atoms with Gasteiger partial charge in [0.15, 0.2) is 0 Å². The lowest BCUT2D eigenvalue weighted by molar-refractivity contribution is 0.255. The minimum Gasteiger partial charge on any atom is -0.247 e. The molecule has 0 nitrogen and oxygen atoms in total. The third-order valence-corrected chi connectivity index (χ3v) is 3.11. The zero-order chi connectivity index (χ0) is 8.43. The molecule has 0 spiro atoms. The quantitative estimate of drug-likeness (QED) is 0.577. The summed E-state index contributed by atoms with van der Waals surface area (Å²) in [7, 11) is 0. The molecule has 0 aromatic heterocycles. The molecule has 0 amide bonds. The number of hydrogen-bond donors (Lipinski definition) is 0. The first-order chi connectivity index (χ1) is 5.15. The Labute approximate surface area is 69.2 Å². The zero-order valence-corrected chi connectivity index (χ0v) is 7.81. The van der Waals surface area contributed by atoms with E-state index in [1.807, 2.05) is 0 Å². The van der Waals surface area contributed by atoms with Crippen molar-refractivity contribution in [3.8, 4) is 0 Å². The van der Waals surface area contributed by atoms with E-state index in [9.17, 15) is 4.39 Å². The Morgan fingerprint density at radius 1 is 1.36 bits per heavy atom. The van der Waals surface area contributed by atoms with E-state index < -0.39 is 6.17 Å². The van der Waals surface area contributed by atoms with Crippen molar-refractivity contribution in [3.63, 3.8) is 0 Å². The van der Waals surface area contributed by atoms with Gasteiger partial charge < -0.3 is 0 Å². The fourth-order valence-electron chi connectivity index (χ4n) is 2.08. The lowest BCUT2D eigenvalue weighted by Gasteiger charge is -2.12. The van der Waals surface area contributed by atoms with Crippen molar-refractivity contribution >= 4 is 0 Å². The van der Waals surface area contributed by atoms with E-state index in [4.69, 9.17) is 0 Å². The second-order valence-electron chi connectivity index (χ2n) is 4.16. The van der Waals surface area contributed by atoms with E-state index in [1.165, 1.54) is 0 Å². The molecule has 0 saturated heterocycles. The first-order valence-electron chi connectivity index (χ1n) is 4.79. The molecule has 0 aromatic rings. The summed E-state index contributed by atoms with van der Waals surface area (Å²) < 4.78 is 13.2. The van der Waals surface area contributed by atoms with Crippen molar-refractivity contribution in [1.82, 2.24) is 0 Å². The summed E-state index contributed by atoms with van der Waals surface area (Å²) in [5, 5.41) is 0. The summed E-state index contributed by atoms with van der Waals surface area (Å²) >= 11 is 0. The van der Waals surface area contributed by atoms with E-state index in [1.54, 1.807) is 0 Å². The van der Waals surface area contributed by atoms with Gasteiger partial charge in [-0.2, -0.15) is 0 Å². The molecule has 1 saturated carbocycles. The maximum absolute atomic E-state index is 13.2. The van der Waals surface area contributed by atoms with Gasteiger partial charge in [0, 0.05) is 0 Å². The Hall–Kier alpha value is -0.0700. The molecule has 1 aliphatic rings. The Bertz CT molecular complexity index is 120. The lowest BCUT2D eigenvalue weighted by Crippen LogP contribution is -2.05. The molecule has 0 N–H and O–H groups in total. The summed E-state index contributed by atoms with van der Waals surface area (Å²) in [6.45, 7) is 6.50. The van der Waals surface area contributed by atoms with E-state index in [2.05, 4.69) is 20.8 Å². The second-order valence-corrected chi connectivity index (χ2v) is 4.16. The monoisotopic (exact) mass is 158 g/mol. The van der Waals surface area contributed by atoms with Gasteiger partial charge in [-0.1, -0.05) is 27.2 Å². The van der Waals surface area contributed by atoms with Gasteiger partial charge >= 0.3 is 0 Å². The minimum atomic E-state index is -0.507. The SMILES string of the molecule is CCC1CC(C(C)C)CC1F. The van der Waals surface area contributed by atoms with Gasteiger partial charge in [-0.3, -0.25) is 0 Å². The van der Waals surface area contributed by atoms with Crippen molar-refractivity contribution < 1.29 is 4.39 Å². The van der Waals surface area contributed by atoms with Crippen LogP contribution in [0.25, 0.3) is 0 Å². The number of rotatable bonds is 2. The van der Waals surface area contributed by atoms with Gasteiger partial charge in [0.05, 0.1) is 0 Å². The molecule has 11 heavy (non-hydrogen) atoms. The molecule has 0 radical (unpaired) electrons. The number of alkyl halides is 1. The summed E-state index contributed by atoms with van der Waals surface area (Å²) in [4.78, 5) is 0. The smallest absolute Gasteiger partial charge is 0.103 e. The molecular formula is C10H19F. The molecule has 1 heteroatoms. The van der Waals surface area contributed by atoms with Crippen molar-refractivity contribution in [2.45, 2.75) is 46.2 Å². The molecule has 66 valence electrons. The van der Waals surface area contributed by atoms with Crippen LogP contribution < -0.4 is 0 Å². The highest BCUT2D eigenvalue weighted by Gasteiger charge is 2.34. The van der Waals surface area contributed by atoms with Gasteiger partial charge in [0.2, 0.25) is 0 Å². The second kappa shape index (κ2) is 3.55. The highest BCUT2D eigenvalue weighted by Crippen LogP contribution is 2.39. The fourth-order valence-corrected chi connectivity index (χ4v) is 2.08. The lowest BCUT2D eigenvalue weighted by atomic mass is 9.93. The predicted octanol–water partition coefficient (Wildman–Crippen LogP) is 3.42. The van der Waals surface area contributed by atoms with Crippen LogP contribution in [0.1, 0.15) is 40.0 Å². The Morgan fingerprint density at radius 3 is 2.27 bits per heavy atom. The van der Waals surface area contributed by atoms with Crippen LogP contribution in [0.4, 0.5) is 4.39 Å². The van der Waals surface area contributed by atoms with E-state index in [-0.39, 0.29) is 0 Å². The van der Waals surface area contributed by atoms with Crippen molar-refractivity contribution in [2.24, 2.45) is 17.8 Å². The van der Waals surface area contributed by atoms with Gasteiger partial charge in [-0.25, -0.2) is 4.39 Å². The predicted molar refractivity (Wildman–Crippen MR) is 46.2 cm³/mol. The molecule has 3 unspecified atom stereocenters. The van der Waals surface area contributed by atoms with Crippen LogP contribution in [0, 0.1) is 17.8 Å². The molecule has 3 atom stereocenters. The molecular weight excluding hydrogens is 139 g/mol. The van der Waals surface area contributed by atoms with Gasteiger partial charge in [-0.05, 0) is 30.6 Å². The van der Waals surface area contributed by atoms with Crippen LogP contribution in [0.3, 0.4) is 0 Å². The number of hydrogen-bond acceptors (Lipinski definition) is 0. The summed E-state index contributed by atoms with van der Waals surface area (Å²) in [6, 6.07) is 0. The van der Waals surface area contributed by atoms with E-state index in [0.717, 1.165) is 19.3 Å². The summed E-state index contributed by atoms with van der Waals surface area (Å²) in [6.07, 6.45) is 2.45. The maximum atomic E-state index is 13.2. The van der Waals surface area contributed by atoms with Crippen molar-refractivity contribution in [3.05, 3.63) is 0 Å². The van der Waals surface area contributed by atoms with Gasteiger partial charge in [0.25, 0.3) is 0 Å². The maximum Gasteiger partial charge on any atom is 0.103 e. The molecule has 1 fully saturated rings.